The molecule has 3 N–H and O–H groups in total. The third-order valence-electron chi connectivity index (χ3n) is 2.60. The Morgan fingerprint density at radius 2 is 2.06 bits per heavy atom. The van der Waals surface area contributed by atoms with Crippen molar-refractivity contribution in [2.24, 2.45) is 0 Å². The summed E-state index contributed by atoms with van der Waals surface area (Å²) in [5.74, 6) is 0.220. The fraction of sp³-hybridized carbons (Fsp3) is 0.889. The Labute approximate surface area is 95.3 Å². The molecule has 1 fully saturated rings. The van der Waals surface area contributed by atoms with Gasteiger partial charge < -0.3 is 15.7 Å². The number of urea groups is 1. The van der Waals surface area contributed by atoms with Crippen LogP contribution in [0.2, 0.25) is 0 Å². The van der Waals surface area contributed by atoms with Gasteiger partial charge in [-0.05, 0) is 12.8 Å². The summed E-state index contributed by atoms with van der Waals surface area (Å²) in [7, 11) is -3.03. The molecule has 94 valence electrons. The van der Waals surface area contributed by atoms with Crippen LogP contribution in [0.4, 0.5) is 4.79 Å². The van der Waals surface area contributed by atoms with E-state index in [1.165, 1.54) is 0 Å². The number of sulfone groups is 1. The number of aliphatic hydroxyl groups is 1. The van der Waals surface area contributed by atoms with Gasteiger partial charge in [-0.1, -0.05) is 6.42 Å². The van der Waals surface area contributed by atoms with E-state index in [4.69, 9.17) is 5.11 Å². The smallest absolute Gasteiger partial charge is 0.314 e. The van der Waals surface area contributed by atoms with Crippen molar-refractivity contribution in [2.45, 2.75) is 24.5 Å². The maximum atomic E-state index is 11.6. The summed E-state index contributed by atoms with van der Waals surface area (Å²) in [5.41, 5.74) is 0. The van der Waals surface area contributed by atoms with E-state index in [1.54, 1.807) is 0 Å². The summed E-state index contributed by atoms with van der Waals surface area (Å²) in [6.07, 6.45) is 2.22. The van der Waals surface area contributed by atoms with E-state index in [0.29, 0.717) is 6.42 Å². The lowest BCUT2D eigenvalue weighted by Gasteiger charge is -2.22. The molecule has 1 rings (SSSR count). The third kappa shape index (κ3) is 3.97. The number of rotatable bonds is 4. The first-order valence-corrected chi connectivity index (χ1v) is 7.12. The summed E-state index contributed by atoms with van der Waals surface area (Å²) in [4.78, 5) is 11.1. The lowest BCUT2D eigenvalue weighted by molar-refractivity contribution is 0.234. The van der Waals surface area contributed by atoms with Gasteiger partial charge >= 0.3 is 6.03 Å². The van der Waals surface area contributed by atoms with Gasteiger partial charge in [-0.3, -0.25) is 0 Å². The zero-order chi connectivity index (χ0) is 12.0. The molecule has 0 aliphatic carbocycles. The minimum Gasteiger partial charge on any atom is -0.395 e. The molecule has 0 aromatic heterocycles. The second-order valence-electron chi connectivity index (χ2n) is 3.85. The first kappa shape index (κ1) is 13.2. The normalized spacial score (nSPS) is 23.7. The summed E-state index contributed by atoms with van der Waals surface area (Å²) in [6, 6.07) is -0.435. The van der Waals surface area contributed by atoms with Crippen molar-refractivity contribution < 1.29 is 18.3 Å². The van der Waals surface area contributed by atoms with Crippen LogP contribution >= 0.6 is 0 Å². The molecule has 1 saturated heterocycles. The largest absolute Gasteiger partial charge is 0.395 e. The Hall–Kier alpha value is -0.820. The van der Waals surface area contributed by atoms with Gasteiger partial charge in [-0.25, -0.2) is 13.2 Å². The molecular formula is C9H18N2O4S. The van der Waals surface area contributed by atoms with Crippen molar-refractivity contribution in [3.8, 4) is 0 Å². The molecule has 2 amide bonds. The molecular weight excluding hydrogens is 232 g/mol. The minimum atomic E-state index is -3.03. The van der Waals surface area contributed by atoms with E-state index in [9.17, 15) is 13.2 Å². The lowest BCUT2D eigenvalue weighted by atomic mass is 10.2. The fourth-order valence-electron chi connectivity index (χ4n) is 1.69. The zero-order valence-electron chi connectivity index (χ0n) is 9.11. The topological polar surface area (TPSA) is 95.5 Å². The highest BCUT2D eigenvalue weighted by Crippen LogP contribution is 2.18. The van der Waals surface area contributed by atoms with Gasteiger partial charge in [-0.15, -0.1) is 0 Å². The number of carbonyl (C=O) groups excluding carboxylic acids is 1. The molecule has 1 atom stereocenters. The van der Waals surface area contributed by atoms with Crippen LogP contribution in [0.5, 0.6) is 0 Å². The van der Waals surface area contributed by atoms with Crippen LogP contribution in [0.25, 0.3) is 0 Å². The number of carbonyl (C=O) groups is 1. The molecule has 0 saturated carbocycles. The first-order valence-electron chi connectivity index (χ1n) is 5.40. The Kier molecular flexibility index (Phi) is 5.01. The van der Waals surface area contributed by atoms with E-state index >= 15 is 0 Å². The van der Waals surface area contributed by atoms with E-state index in [2.05, 4.69) is 10.6 Å². The molecule has 0 radical (unpaired) electrons. The number of amides is 2. The quantitative estimate of drug-likeness (QED) is 0.611. The lowest BCUT2D eigenvalue weighted by Crippen LogP contribution is -2.44. The standard InChI is InChI=1S/C9H18N2O4S/c12-5-4-10-9(13)11-7-8-3-1-2-6-16(8,14)15/h8,12H,1-7H2,(H2,10,11,13). The Morgan fingerprint density at radius 3 is 2.69 bits per heavy atom. The Balaban J connectivity index is 2.33. The van der Waals surface area contributed by atoms with Gasteiger partial charge in [0.2, 0.25) is 0 Å². The zero-order valence-corrected chi connectivity index (χ0v) is 9.92. The average molecular weight is 250 g/mol. The molecule has 16 heavy (non-hydrogen) atoms. The maximum absolute atomic E-state index is 11.6. The Morgan fingerprint density at radius 1 is 1.31 bits per heavy atom. The van der Waals surface area contributed by atoms with E-state index in [1.807, 2.05) is 0 Å². The van der Waals surface area contributed by atoms with Gasteiger partial charge in [-0.2, -0.15) is 0 Å². The predicted octanol–water partition coefficient (Wildman–Crippen LogP) is -0.755. The highest BCUT2D eigenvalue weighted by Gasteiger charge is 2.28. The van der Waals surface area contributed by atoms with Crippen molar-refractivity contribution >= 4 is 15.9 Å². The molecule has 0 spiro atoms. The first-order chi connectivity index (χ1) is 7.56. The molecule has 7 heteroatoms. The van der Waals surface area contributed by atoms with E-state index < -0.39 is 21.1 Å². The minimum absolute atomic E-state index is 0.130. The van der Waals surface area contributed by atoms with E-state index in [-0.39, 0.29) is 25.4 Å². The van der Waals surface area contributed by atoms with Crippen molar-refractivity contribution in [1.82, 2.24) is 10.6 Å². The van der Waals surface area contributed by atoms with Crippen molar-refractivity contribution in [3.05, 3.63) is 0 Å². The summed E-state index contributed by atoms with van der Waals surface area (Å²) in [6.45, 7) is 0.192. The van der Waals surface area contributed by atoms with E-state index in [0.717, 1.165) is 12.8 Å². The maximum Gasteiger partial charge on any atom is 0.314 e. The van der Waals surface area contributed by atoms with Crippen LogP contribution in [-0.4, -0.2) is 50.3 Å². The van der Waals surface area contributed by atoms with Crippen molar-refractivity contribution in [2.75, 3.05) is 25.4 Å². The summed E-state index contributed by atoms with van der Waals surface area (Å²) in [5, 5.41) is 12.9. The summed E-state index contributed by atoms with van der Waals surface area (Å²) >= 11 is 0. The Bertz CT molecular complexity index is 328. The van der Waals surface area contributed by atoms with Crippen LogP contribution in [0, 0.1) is 0 Å². The van der Waals surface area contributed by atoms with Crippen LogP contribution in [-0.2, 0) is 9.84 Å². The molecule has 0 aromatic rings. The van der Waals surface area contributed by atoms with Crippen LogP contribution in [0.3, 0.4) is 0 Å². The number of nitrogens with one attached hydrogen (secondary N) is 2. The van der Waals surface area contributed by atoms with Crippen molar-refractivity contribution in [3.63, 3.8) is 0 Å². The second kappa shape index (κ2) is 6.05. The molecule has 6 nitrogen and oxygen atoms in total. The average Bonchev–Trinajstić information content (AvgIpc) is 2.24. The number of hydrogen-bond donors (Lipinski definition) is 3. The number of aliphatic hydroxyl groups excluding tert-OH is 1. The molecule has 1 heterocycles. The molecule has 0 bridgehead atoms. The van der Waals surface area contributed by atoms with Gasteiger partial charge in [0.05, 0.1) is 17.6 Å². The predicted molar refractivity (Wildman–Crippen MR) is 59.9 cm³/mol. The second-order valence-corrected chi connectivity index (χ2v) is 6.25. The van der Waals surface area contributed by atoms with Crippen LogP contribution in [0.1, 0.15) is 19.3 Å². The highest BCUT2D eigenvalue weighted by molar-refractivity contribution is 7.92. The van der Waals surface area contributed by atoms with Gasteiger partial charge in [0.1, 0.15) is 0 Å². The summed E-state index contributed by atoms with van der Waals surface area (Å²) < 4.78 is 23.2. The molecule has 1 aliphatic heterocycles. The molecule has 0 aromatic carbocycles. The van der Waals surface area contributed by atoms with Gasteiger partial charge in [0.25, 0.3) is 0 Å². The van der Waals surface area contributed by atoms with Crippen LogP contribution < -0.4 is 10.6 Å². The van der Waals surface area contributed by atoms with Crippen LogP contribution in [0.15, 0.2) is 0 Å². The highest BCUT2D eigenvalue weighted by atomic mass is 32.2. The number of hydrogen-bond acceptors (Lipinski definition) is 4. The monoisotopic (exact) mass is 250 g/mol. The fourth-order valence-corrected chi connectivity index (χ4v) is 3.49. The third-order valence-corrected chi connectivity index (χ3v) is 4.88. The van der Waals surface area contributed by atoms with Gasteiger partial charge in [0, 0.05) is 13.1 Å². The molecule has 1 aliphatic rings. The molecule has 1 unspecified atom stereocenters. The van der Waals surface area contributed by atoms with Gasteiger partial charge in [0.15, 0.2) is 9.84 Å². The van der Waals surface area contributed by atoms with Crippen molar-refractivity contribution in [1.29, 1.82) is 0 Å². The SMILES string of the molecule is O=C(NCCO)NCC1CCCCS1(=O)=O.